The summed E-state index contributed by atoms with van der Waals surface area (Å²) in [5.41, 5.74) is 1.27. The van der Waals surface area contributed by atoms with E-state index in [1.54, 1.807) is 18.2 Å². The van der Waals surface area contributed by atoms with Crippen LogP contribution in [0.3, 0.4) is 0 Å². The van der Waals surface area contributed by atoms with Gasteiger partial charge in [-0.1, -0.05) is 47.2 Å². The van der Waals surface area contributed by atoms with Gasteiger partial charge in [0.1, 0.15) is 11.3 Å². The molecular weight excluding hydrogens is 423 g/mol. The first-order chi connectivity index (χ1) is 14.6. The van der Waals surface area contributed by atoms with Crippen molar-refractivity contribution >= 4 is 50.3 Å². The lowest BCUT2D eigenvalue weighted by Gasteiger charge is -2.34. The van der Waals surface area contributed by atoms with E-state index >= 15 is 0 Å². The maximum atomic E-state index is 13.9. The van der Waals surface area contributed by atoms with Gasteiger partial charge in [-0.15, -0.1) is 0 Å². The molecule has 1 fully saturated rings. The van der Waals surface area contributed by atoms with Crippen LogP contribution in [0.1, 0.15) is 5.56 Å². The number of nitrogens with one attached hydrogen (secondary N) is 1. The van der Waals surface area contributed by atoms with E-state index in [1.165, 1.54) is 23.5 Å². The first-order valence-electron chi connectivity index (χ1n) is 9.83. The number of fused-ring (bicyclic) bond motifs is 1. The van der Waals surface area contributed by atoms with Gasteiger partial charge >= 0.3 is 0 Å². The summed E-state index contributed by atoms with van der Waals surface area (Å²) in [5, 5.41) is 4.40. The van der Waals surface area contributed by atoms with Gasteiger partial charge in [-0.3, -0.25) is 9.69 Å². The number of para-hydroxylation sites is 1. The highest BCUT2D eigenvalue weighted by molar-refractivity contribution is 7.22. The van der Waals surface area contributed by atoms with Crippen molar-refractivity contribution in [1.82, 2.24) is 15.2 Å². The third-order valence-electron chi connectivity index (χ3n) is 5.05. The minimum absolute atomic E-state index is 0.134. The van der Waals surface area contributed by atoms with E-state index in [-0.39, 0.29) is 11.7 Å². The molecule has 1 saturated heterocycles. The number of thiazole rings is 1. The van der Waals surface area contributed by atoms with E-state index in [4.69, 9.17) is 11.6 Å². The summed E-state index contributed by atoms with van der Waals surface area (Å²) in [4.78, 5) is 21.0. The fourth-order valence-electron chi connectivity index (χ4n) is 3.37. The minimum Gasteiger partial charge on any atom is -0.351 e. The van der Waals surface area contributed by atoms with E-state index in [0.717, 1.165) is 48.1 Å². The van der Waals surface area contributed by atoms with Crippen LogP contribution in [0.4, 0.5) is 9.52 Å². The highest BCUT2D eigenvalue weighted by atomic mass is 35.5. The number of carbonyl (C=O) groups excluding carboxylic acids is 1. The molecule has 0 unspecified atom stereocenters. The second kappa shape index (κ2) is 9.55. The van der Waals surface area contributed by atoms with Crippen molar-refractivity contribution in [3.8, 4) is 0 Å². The van der Waals surface area contributed by atoms with E-state index in [2.05, 4.69) is 20.1 Å². The number of hydrogen-bond donors (Lipinski definition) is 1. The molecular formula is C22H22ClFN4OS. The van der Waals surface area contributed by atoms with Crippen molar-refractivity contribution in [2.75, 3.05) is 44.2 Å². The van der Waals surface area contributed by atoms with Gasteiger partial charge in [0.25, 0.3) is 0 Å². The molecule has 4 rings (SSSR count). The van der Waals surface area contributed by atoms with Crippen LogP contribution < -0.4 is 10.2 Å². The average Bonchev–Trinajstić information content (AvgIpc) is 3.19. The van der Waals surface area contributed by atoms with Crippen LogP contribution in [-0.2, 0) is 4.79 Å². The molecule has 0 bridgehead atoms. The van der Waals surface area contributed by atoms with Crippen LogP contribution >= 0.6 is 22.9 Å². The normalized spacial score (nSPS) is 15.2. The van der Waals surface area contributed by atoms with Crippen molar-refractivity contribution < 1.29 is 9.18 Å². The number of nitrogens with zero attached hydrogens (tertiary/aromatic N) is 3. The van der Waals surface area contributed by atoms with Crippen molar-refractivity contribution in [2.24, 2.45) is 0 Å². The van der Waals surface area contributed by atoms with Crippen LogP contribution in [-0.4, -0.2) is 55.1 Å². The zero-order valence-electron chi connectivity index (χ0n) is 16.4. The Balaban J connectivity index is 1.22. The molecule has 156 valence electrons. The Morgan fingerprint density at radius 3 is 2.73 bits per heavy atom. The van der Waals surface area contributed by atoms with Crippen molar-refractivity contribution in [2.45, 2.75) is 0 Å². The first kappa shape index (κ1) is 20.8. The fourth-order valence-corrected chi connectivity index (χ4v) is 4.60. The van der Waals surface area contributed by atoms with Gasteiger partial charge < -0.3 is 10.2 Å². The van der Waals surface area contributed by atoms with Gasteiger partial charge in [0.05, 0.1) is 4.70 Å². The lowest BCUT2D eigenvalue weighted by atomic mass is 10.2. The van der Waals surface area contributed by atoms with Crippen LogP contribution in [0, 0.1) is 5.82 Å². The van der Waals surface area contributed by atoms with Gasteiger partial charge in [-0.2, -0.15) is 0 Å². The molecule has 0 saturated carbocycles. The Labute approximate surface area is 183 Å². The van der Waals surface area contributed by atoms with Crippen LogP contribution in [0.5, 0.6) is 0 Å². The Kier molecular flexibility index (Phi) is 6.62. The second-order valence-corrected chi connectivity index (χ2v) is 8.47. The van der Waals surface area contributed by atoms with Crippen LogP contribution in [0.15, 0.2) is 48.5 Å². The molecule has 2 aromatic carbocycles. The van der Waals surface area contributed by atoms with Crippen LogP contribution in [0.2, 0.25) is 5.02 Å². The summed E-state index contributed by atoms with van der Waals surface area (Å²) in [6, 6.07) is 12.5. The quantitative estimate of drug-likeness (QED) is 0.583. The summed E-state index contributed by atoms with van der Waals surface area (Å²) in [6.45, 7) is 4.79. The number of anilines is 1. The van der Waals surface area contributed by atoms with E-state index in [9.17, 15) is 9.18 Å². The Morgan fingerprint density at radius 2 is 1.97 bits per heavy atom. The van der Waals surface area contributed by atoms with Gasteiger partial charge in [0.15, 0.2) is 5.13 Å². The van der Waals surface area contributed by atoms with Crippen molar-refractivity contribution in [3.05, 3.63) is 64.9 Å². The van der Waals surface area contributed by atoms with Crippen LogP contribution in [0.25, 0.3) is 16.3 Å². The summed E-state index contributed by atoms with van der Waals surface area (Å²) in [6.07, 6.45) is 3.22. The summed E-state index contributed by atoms with van der Waals surface area (Å²) >= 11 is 7.61. The van der Waals surface area contributed by atoms with Gasteiger partial charge in [0, 0.05) is 50.4 Å². The largest absolute Gasteiger partial charge is 0.351 e. The number of hydrogen-bond acceptors (Lipinski definition) is 5. The van der Waals surface area contributed by atoms with Gasteiger partial charge in [0.2, 0.25) is 5.91 Å². The molecule has 2 heterocycles. The summed E-state index contributed by atoms with van der Waals surface area (Å²) < 4.78 is 14.8. The maximum absolute atomic E-state index is 13.9. The molecule has 0 aliphatic carbocycles. The summed E-state index contributed by atoms with van der Waals surface area (Å²) in [7, 11) is 0. The molecule has 1 amide bonds. The monoisotopic (exact) mass is 444 g/mol. The zero-order chi connectivity index (χ0) is 20.9. The zero-order valence-corrected chi connectivity index (χ0v) is 17.9. The molecule has 1 N–H and O–H groups in total. The number of halogens is 2. The number of piperazine rings is 1. The average molecular weight is 445 g/mol. The third kappa shape index (κ3) is 4.98. The molecule has 0 atom stereocenters. The molecule has 0 spiro atoms. The first-order valence-corrected chi connectivity index (χ1v) is 11.0. The van der Waals surface area contributed by atoms with Crippen molar-refractivity contribution in [3.63, 3.8) is 0 Å². The smallest absolute Gasteiger partial charge is 0.244 e. The Morgan fingerprint density at radius 1 is 1.17 bits per heavy atom. The predicted molar refractivity (Wildman–Crippen MR) is 122 cm³/mol. The number of rotatable bonds is 6. The number of benzene rings is 2. The van der Waals surface area contributed by atoms with Gasteiger partial charge in [-0.05, 0) is 29.8 Å². The predicted octanol–water partition coefficient (Wildman–Crippen LogP) is 4.04. The molecule has 0 radical (unpaired) electrons. The van der Waals surface area contributed by atoms with Crippen molar-refractivity contribution in [1.29, 1.82) is 0 Å². The molecule has 1 aliphatic heterocycles. The van der Waals surface area contributed by atoms with E-state index < -0.39 is 0 Å². The fraction of sp³-hybridized carbons (Fsp3) is 0.273. The molecule has 30 heavy (non-hydrogen) atoms. The molecule has 8 heteroatoms. The lowest BCUT2D eigenvalue weighted by molar-refractivity contribution is -0.116. The highest BCUT2D eigenvalue weighted by Gasteiger charge is 2.20. The minimum atomic E-state index is -0.270. The highest BCUT2D eigenvalue weighted by Crippen LogP contribution is 2.30. The number of aromatic nitrogens is 1. The van der Waals surface area contributed by atoms with E-state index in [0.29, 0.717) is 17.1 Å². The standard InChI is InChI=1S/C22H22ClFN4OS/c23-17-5-2-1-4-16(17)8-9-20(29)25-10-11-27-12-14-28(15-13-27)22-26-21-18(24)6-3-7-19(21)30-22/h1-9H,10-15H2,(H,25,29)/b9-8+. The SMILES string of the molecule is O=C(/C=C/c1ccccc1Cl)NCCN1CCN(c2nc3c(F)cccc3s2)CC1. The third-order valence-corrected chi connectivity index (χ3v) is 6.47. The molecule has 3 aromatic rings. The molecule has 1 aliphatic rings. The Hall–Kier alpha value is -2.48. The maximum Gasteiger partial charge on any atom is 0.244 e. The lowest BCUT2D eigenvalue weighted by Crippen LogP contribution is -2.48. The number of carbonyl (C=O) groups is 1. The van der Waals surface area contributed by atoms with E-state index in [1.807, 2.05) is 24.3 Å². The topological polar surface area (TPSA) is 48.5 Å². The summed E-state index contributed by atoms with van der Waals surface area (Å²) in [5.74, 6) is -0.405. The molecule has 1 aromatic heterocycles. The van der Waals surface area contributed by atoms with Gasteiger partial charge in [-0.25, -0.2) is 9.37 Å². The molecule has 5 nitrogen and oxygen atoms in total. The second-order valence-electron chi connectivity index (χ2n) is 7.06. The Bertz CT molecular complexity index is 1060. The number of amides is 1.